The number of piperazine rings is 1. The van der Waals surface area contributed by atoms with Crippen LogP contribution in [-0.2, 0) is 0 Å². The molecule has 0 spiro atoms. The van der Waals surface area contributed by atoms with Crippen LogP contribution in [0.1, 0.15) is 22.5 Å². The average Bonchev–Trinajstić information content (AvgIpc) is 3.01. The van der Waals surface area contributed by atoms with Gasteiger partial charge in [0.15, 0.2) is 0 Å². The fourth-order valence-corrected chi connectivity index (χ4v) is 3.23. The second-order valence-electron chi connectivity index (χ2n) is 6.14. The predicted molar refractivity (Wildman–Crippen MR) is 105 cm³/mol. The zero-order chi connectivity index (χ0) is 17.6. The van der Waals surface area contributed by atoms with Crippen molar-refractivity contribution in [1.29, 1.82) is 0 Å². The van der Waals surface area contributed by atoms with Crippen LogP contribution in [0.3, 0.4) is 0 Å². The number of rotatable bonds is 6. The minimum Gasteiger partial charge on any atom is -0.360 e. The lowest BCUT2D eigenvalue weighted by Crippen LogP contribution is -2.44. The summed E-state index contributed by atoms with van der Waals surface area (Å²) in [5.41, 5.74) is 1.64. The maximum absolute atomic E-state index is 12.6. The molecule has 2 heterocycles. The number of aryl methyl sites for hydroxylation is 1. The molecule has 0 radical (unpaired) electrons. The first-order chi connectivity index (χ1) is 12.2. The standard InChI is InChI=1S/C18H23ClN4O2.ClH/c1-13-16(17(22-25-13)14-5-2-3-6-15(14)19)18(24)21-7-4-10-23-11-8-20-9-12-23;/h2-3,5-6,20H,4,7-12H2,1H3,(H,21,24);1H. The zero-order valence-corrected chi connectivity index (χ0v) is 16.3. The van der Waals surface area contributed by atoms with Gasteiger partial charge in [-0.05, 0) is 26.0 Å². The quantitative estimate of drug-likeness (QED) is 0.731. The number of nitrogens with one attached hydrogen (secondary N) is 2. The minimum absolute atomic E-state index is 0. The van der Waals surface area contributed by atoms with Crippen molar-refractivity contribution < 1.29 is 9.32 Å². The third-order valence-electron chi connectivity index (χ3n) is 4.37. The van der Waals surface area contributed by atoms with Gasteiger partial charge in [-0.3, -0.25) is 4.79 Å². The van der Waals surface area contributed by atoms with Crippen LogP contribution in [-0.4, -0.2) is 55.2 Å². The average molecular weight is 399 g/mol. The fourth-order valence-electron chi connectivity index (χ4n) is 3.00. The zero-order valence-electron chi connectivity index (χ0n) is 14.8. The van der Waals surface area contributed by atoms with Crippen molar-refractivity contribution in [3.8, 4) is 11.3 Å². The van der Waals surface area contributed by atoms with Gasteiger partial charge < -0.3 is 20.1 Å². The van der Waals surface area contributed by atoms with Crippen LogP contribution in [0.25, 0.3) is 11.3 Å². The van der Waals surface area contributed by atoms with E-state index in [1.54, 1.807) is 13.0 Å². The highest BCUT2D eigenvalue weighted by molar-refractivity contribution is 6.33. The van der Waals surface area contributed by atoms with E-state index in [2.05, 4.69) is 20.7 Å². The van der Waals surface area contributed by atoms with E-state index in [0.29, 0.717) is 34.1 Å². The Bertz CT molecular complexity index is 730. The van der Waals surface area contributed by atoms with Crippen molar-refractivity contribution in [2.24, 2.45) is 0 Å². The lowest BCUT2D eigenvalue weighted by Gasteiger charge is -2.27. The number of carbonyl (C=O) groups is 1. The second-order valence-corrected chi connectivity index (χ2v) is 6.55. The van der Waals surface area contributed by atoms with E-state index in [4.69, 9.17) is 16.1 Å². The van der Waals surface area contributed by atoms with E-state index >= 15 is 0 Å². The van der Waals surface area contributed by atoms with Gasteiger partial charge >= 0.3 is 0 Å². The molecule has 1 aromatic heterocycles. The molecule has 142 valence electrons. The summed E-state index contributed by atoms with van der Waals surface area (Å²) in [7, 11) is 0. The number of halogens is 2. The smallest absolute Gasteiger partial charge is 0.257 e. The van der Waals surface area contributed by atoms with Gasteiger partial charge in [-0.25, -0.2) is 0 Å². The molecule has 2 N–H and O–H groups in total. The van der Waals surface area contributed by atoms with Crippen LogP contribution in [0.15, 0.2) is 28.8 Å². The van der Waals surface area contributed by atoms with Gasteiger partial charge in [0, 0.05) is 38.3 Å². The maximum Gasteiger partial charge on any atom is 0.257 e. The highest BCUT2D eigenvalue weighted by atomic mass is 35.5. The number of benzene rings is 1. The van der Waals surface area contributed by atoms with Crippen LogP contribution in [0.4, 0.5) is 0 Å². The molecule has 1 fully saturated rings. The molecule has 0 unspecified atom stereocenters. The summed E-state index contributed by atoms with van der Waals surface area (Å²) >= 11 is 6.23. The van der Waals surface area contributed by atoms with Gasteiger partial charge in [0.05, 0.1) is 5.02 Å². The molecule has 0 aliphatic carbocycles. The molecule has 2 aromatic rings. The fraction of sp³-hybridized carbons (Fsp3) is 0.444. The molecule has 1 aromatic carbocycles. The highest BCUT2D eigenvalue weighted by Crippen LogP contribution is 2.30. The predicted octanol–water partition coefficient (Wildman–Crippen LogP) is 2.75. The lowest BCUT2D eigenvalue weighted by atomic mass is 10.1. The second kappa shape index (κ2) is 9.92. The Morgan fingerprint density at radius 1 is 1.35 bits per heavy atom. The van der Waals surface area contributed by atoms with E-state index in [1.807, 2.05) is 18.2 Å². The number of carbonyl (C=O) groups excluding carboxylic acids is 1. The summed E-state index contributed by atoms with van der Waals surface area (Å²) in [5, 5.41) is 10.9. The summed E-state index contributed by atoms with van der Waals surface area (Å²) in [6.45, 7) is 7.55. The van der Waals surface area contributed by atoms with Crippen molar-refractivity contribution >= 4 is 29.9 Å². The number of amides is 1. The third kappa shape index (κ3) is 4.98. The molecular formula is C18H24Cl2N4O2. The molecule has 0 atom stereocenters. The maximum atomic E-state index is 12.6. The van der Waals surface area contributed by atoms with Gasteiger partial charge in [0.25, 0.3) is 5.91 Å². The Kier molecular flexibility index (Phi) is 7.90. The molecule has 3 rings (SSSR count). The van der Waals surface area contributed by atoms with E-state index < -0.39 is 0 Å². The first-order valence-corrected chi connectivity index (χ1v) is 8.97. The number of nitrogens with zero attached hydrogens (tertiary/aromatic N) is 2. The first-order valence-electron chi connectivity index (χ1n) is 8.59. The third-order valence-corrected chi connectivity index (χ3v) is 4.69. The number of hydrogen-bond donors (Lipinski definition) is 2. The molecule has 1 saturated heterocycles. The van der Waals surface area contributed by atoms with E-state index in [9.17, 15) is 4.79 Å². The van der Waals surface area contributed by atoms with Crippen molar-refractivity contribution in [3.05, 3.63) is 40.6 Å². The summed E-state index contributed by atoms with van der Waals surface area (Å²) in [6.07, 6.45) is 0.914. The van der Waals surface area contributed by atoms with E-state index in [0.717, 1.165) is 39.1 Å². The Morgan fingerprint density at radius 2 is 2.08 bits per heavy atom. The van der Waals surface area contributed by atoms with Gasteiger partial charge in [-0.2, -0.15) is 0 Å². The Labute approximate surface area is 164 Å². The van der Waals surface area contributed by atoms with Crippen molar-refractivity contribution in [3.63, 3.8) is 0 Å². The normalized spacial score (nSPS) is 14.7. The Balaban J connectivity index is 0.00000243. The monoisotopic (exact) mass is 398 g/mol. The van der Waals surface area contributed by atoms with Crippen LogP contribution in [0.2, 0.25) is 5.02 Å². The molecule has 0 bridgehead atoms. The molecule has 1 aliphatic heterocycles. The Hall–Kier alpha value is -1.60. The van der Waals surface area contributed by atoms with Gasteiger partial charge in [-0.1, -0.05) is 35.0 Å². The summed E-state index contributed by atoms with van der Waals surface area (Å²) in [6, 6.07) is 7.31. The number of hydrogen-bond acceptors (Lipinski definition) is 5. The summed E-state index contributed by atoms with van der Waals surface area (Å²) in [5.74, 6) is 0.323. The van der Waals surface area contributed by atoms with Crippen molar-refractivity contribution in [2.75, 3.05) is 39.3 Å². The van der Waals surface area contributed by atoms with Crippen molar-refractivity contribution in [2.45, 2.75) is 13.3 Å². The summed E-state index contributed by atoms with van der Waals surface area (Å²) in [4.78, 5) is 15.0. The van der Waals surface area contributed by atoms with Gasteiger partial charge in [-0.15, -0.1) is 12.4 Å². The summed E-state index contributed by atoms with van der Waals surface area (Å²) < 4.78 is 5.24. The topological polar surface area (TPSA) is 70.4 Å². The molecule has 1 amide bonds. The molecule has 0 saturated carbocycles. The molecule has 1 aliphatic rings. The molecule has 26 heavy (non-hydrogen) atoms. The molecule has 6 nitrogen and oxygen atoms in total. The van der Waals surface area contributed by atoms with Crippen LogP contribution in [0.5, 0.6) is 0 Å². The highest BCUT2D eigenvalue weighted by Gasteiger charge is 2.22. The lowest BCUT2D eigenvalue weighted by molar-refractivity contribution is 0.0950. The Morgan fingerprint density at radius 3 is 2.81 bits per heavy atom. The first kappa shape index (κ1) is 20.7. The van der Waals surface area contributed by atoms with Gasteiger partial charge in [0.2, 0.25) is 0 Å². The SMILES string of the molecule is Cc1onc(-c2ccccc2Cl)c1C(=O)NCCCN1CCNCC1.Cl. The van der Waals surface area contributed by atoms with Crippen LogP contribution < -0.4 is 10.6 Å². The number of aromatic nitrogens is 1. The molecular weight excluding hydrogens is 375 g/mol. The van der Waals surface area contributed by atoms with Crippen LogP contribution in [0, 0.1) is 6.92 Å². The largest absolute Gasteiger partial charge is 0.360 e. The van der Waals surface area contributed by atoms with Gasteiger partial charge in [0.1, 0.15) is 17.0 Å². The molecule has 8 heteroatoms. The van der Waals surface area contributed by atoms with Crippen molar-refractivity contribution in [1.82, 2.24) is 20.7 Å². The minimum atomic E-state index is -0.172. The van der Waals surface area contributed by atoms with E-state index in [-0.39, 0.29) is 18.3 Å². The van der Waals surface area contributed by atoms with E-state index in [1.165, 1.54) is 0 Å². The van der Waals surface area contributed by atoms with Crippen LogP contribution >= 0.6 is 24.0 Å².